The van der Waals surface area contributed by atoms with Crippen molar-refractivity contribution in [3.8, 4) is 0 Å². The fourth-order valence-corrected chi connectivity index (χ4v) is 4.17. The molecule has 1 saturated heterocycles. The number of anilines is 1. The Morgan fingerprint density at radius 1 is 1.47 bits per heavy atom. The maximum atomic E-state index is 12.3. The monoisotopic (exact) mass is 346 g/mol. The highest BCUT2D eigenvalue weighted by atomic mass is 79.9. The molecule has 0 radical (unpaired) electrons. The molecule has 1 aliphatic rings. The fourth-order valence-electron chi connectivity index (χ4n) is 2.28. The molecule has 1 atom stereocenters. The van der Waals surface area contributed by atoms with E-state index in [1.807, 2.05) is 25.1 Å². The minimum absolute atomic E-state index is 0.338. The topological polar surface area (TPSA) is 58.2 Å². The first-order chi connectivity index (χ1) is 9.03. The third kappa shape index (κ3) is 3.70. The predicted molar refractivity (Wildman–Crippen MR) is 82.0 cm³/mol. The van der Waals surface area contributed by atoms with Crippen molar-refractivity contribution >= 4 is 31.6 Å². The number of rotatable bonds is 4. The fraction of sp³-hybridized carbons (Fsp3) is 0.538. The standard InChI is InChI=1S/C13H19BrN2O2S/c1-2-10-8-11(14)5-6-13(10)16-19(17,18)12-4-3-7-15-9-12/h5-6,8,12,15-16H,2-4,7,9H2,1H3. The molecule has 4 nitrogen and oxygen atoms in total. The van der Waals surface area contributed by atoms with Gasteiger partial charge in [-0.25, -0.2) is 8.42 Å². The molecule has 1 aromatic rings. The number of piperidine rings is 1. The largest absolute Gasteiger partial charge is 0.315 e. The van der Waals surface area contributed by atoms with Crippen LogP contribution in [0.2, 0.25) is 0 Å². The minimum Gasteiger partial charge on any atom is -0.315 e. The number of halogens is 1. The van der Waals surface area contributed by atoms with Gasteiger partial charge in [0.15, 0.2) is 0 Å². The molecule has 6 heteroatoms. The van der Waals surface area contributed by atoms with Gasteiger partial charge in [0.2, 0.25) is 10.0 Å². The lowest BCUT2D eigenvalue weighted by Crippen LogP contribution is -2.41. The summed E-state index contributed by atoms with van der Waals surface area (Å²) in [6, 6.07) is 5.63. The van der Waals surface area contributed by atoms with Crippen molar-refractivity contribution in [3.05, 3.63) is 28.2 Å². The Kier molecular flexibility index (Phi) is 4.86. The summed E-state index contributed by atoms with van der Waals surface area (Å²) in [5, 5.41) is 2.80. The summed E-state index contributed by atoms with van der Waals surface area (Å²) in [7, 11) is -3.31. The van der Waals surface area contributed by atoms with E-state index in [4.69, 9.17) is 0 Å². The first-order valence-electron chi connectivity index (χ1n) is 6.53. The molecule has 0 aliphatic carbocycles. The number of hydrogen-bond donors (Lipinski definition) is 2. The minimum atomic E-state index is -3.31. The zero-order valence-electron chi connectivity index (χ0n) is 10.9. The van der Waals surface area contributed by atoms with Crippen LogP contribution in [0.4, 0.5) is 5.69 Å². The zero-order valence-corrected chi connectivity index (χ0v) is 13.4. The van der Waals surface area contributed by atoms with Gasteiger partial charge in [-0.1, -0.05) is 22.9 Å². The smallest absolute Gasteiger partial charge is 0.236 e. The van der Waals surface area contributed by atoms with Gasteiger partial charge >= 0.3 is 0 Å². The summed E-state index contributed by atoms with van der Waals surface area (Å²) in [6.07, 6.45) is 2.42. The van der Waals surface area contributed by atoms with Crippen LogP contribution in [0.25, 0.3) is 0 Å². The van der Waals surface area contributed by atoms with Crippen molar-refractivity contribution in [2.24, 2.45) is 0 Å². The van der Waals surface area contributed by atoms with Gasteiger partial charge in [0, 0.05) is 11.0 Å². The van der Waals surface area contributed by atoms with E-state index in [1.54, 1.807) is 0 Å². The van der Waals surface area contributed by atoms with Crippen LogP contribution in [0.3, 0.4) is 0 Å². The van der Waals surface area contributed by atoms with Gasteiger partial charge in [-0.3, -0.25) is 4.72 Å². The van der Waals surface area contributed by atoms with Crippen LogP contribution in [0.5, 0.6) is 0 Å². The Bertz CT molecular complexity index is 540. The molecule has 1 fully saturated rings. The van der Waals surface area contributed by atoms with Gasteiger partial charge in [-0.05, 0) is 49.6 Å². The van der Waals surface area contributed by atoms with Crippen molar-refractivity contribution in [2.45, 2.75) is 31.4 Å². The predicted octanol–water partition coefficient (Wildman–Crippen LogP) is 2.51. The van der Waals surface area contributed by atoms with E-state index < -0.39 is 10.0 Å². The van der Waals surface area contributed by atoms with Crippen molar-refractivity contribution in [1.82, 2.24) is 5.32 Å². The second-order valence-electron chi connectivity index (χ2n) is 4.77. The number of hydrogen-bond acceptors (Lipinski definition) is 3. The zero-order chi connectivity index (χ0) is 13.9. The van der Waals surface area contributed by atoms with Crippen molar-refractivity contribution < 1.29 is 8.42 Å². The Labute approximate surface area is 123 Å². The van der Waals surface area contributed by atoms with Crippen LogP contribution in [0.1, 0.15) is 25.3 Å². The van der Waals surface area contributed by atoms with E-state index in [2.05, 4.69) is 26.0 Å². The summed E-state index contributed by atoms with van der Waals surface area (Å²) in [5.74, 6) is 0. The molecular weight excluding hydrogens is 328 g/mol. The van der Waals surface area contributed by atoms with Gasteiger partial charge in [0.25, 0.3) is 0 Å². The van der Waals surface area contributed by atoms with Gasteiger partial charge in [-0.2, -0.15) is 0 Å². The first-order valence-corrected chi connectivity index (χ1v) is 8.87. The molecule has 0 spiro atoms. The molecule has 0 amide bonds. The van der Waals surface area contributed by atoms with Crippen LogP contribution < -0.4 is 10.0 Å². The van der Waals surface area contributed by atoms with E-state index >= 15 is 0 Å². The van der Waals surface area contributed by atoms with Crippen molar-refractivity contribution in [3.63, 3.8) is 0 Å². The molecule has 0 bridgehead atoms. The molecule has 2 N–H and O–H groups in total. The van der Waals surface area contributed by atoms with Crippen molar-refractivity contribution in [2.75, 3.05) is 17.8 Å². The number of aryl methyl sites for hydroxylation is 1. The summed E-state index contributed by atoms with van der Waals surface area (Å²) >= 11 is 3.41. The lowest BCUT2D eigenvalue weighted by molar-refractivity contribution is 0.499. The van der Waals surface area contributed by atoms with E-state index in [9.17, 15) is 8.42 Å². The average Bonchev–Trinajstić information content (AvgIpc) is 2.41. The molecule has 0 saturated carbocycles. The lowest BCUT2D eigenvalue weighted by Gasteiger charge is -2.24. The van der Waals surface area contributed by atoms with Gasteiger partial charge < -0.3 is 5.32 Å². The molecule has 19 heavy (non-hydrogen) atoms. The highest BCUT2D eigenvalue weighted by Crippen LogP contribution is 2.24. The van der Waals surface area contributed by atoms with Crippen LogP contribution in [-0.4, -0.2) is 26.8 Å². The average molecular weight is 347 g/mol. The quantitative estimate of drug-likeness (QED) is 0.880. The molecule has 1 aliphatic heterocycles. The molecular formula is C13H19BrN2O2S. The van der Waals surface area contributed by atoms with Gasteiger partial charge in [-0.15, -0.1) is 0 Å². The molecule has 0 aromatic heterocycles. The normalized spacial score (nSPS) is 20.2. The Balaban J connectivity index is 2.19. The highest BCUT2D eigenvalue weighted by Gasteiger charge is 2.27. The molecule has 1 heterocycles. The Morgan fingerprint density at radius 2 is 2.26 bits per heavy atom. The SMILES string of the molecule is CCc1cc(Br)ccc1NS(=O)(=O)C1CCCNC1. The summed E-state index contributed by atoms with van der Waals surface area (Å²) in [4.78, 5) is 0. The summed E-state index contributed by atoms with van der Waals surface area (Å²) < 4.78 is 28.4. The third-order valence-corrected chi connectivity index (χ3v) is 5.67. The van der Waals surface area contributed by atoms with Crippen LogP contribution >= 0.6 is 15.9 Å². The molecule has 1 aromatic carbocycles. The highest BCUT2D eigenvalue weighted by molar-refractivity contribution is 9.10. The number of sulfonamides is 1. The molecule has 106 valence electrons. The third-order valence-electron chi connectivity index (χ3n) is 3.39. The van der Waals surface area contributed by atoms with Gasteiger partial charge in [0.05, 0.1) is 10.9 Å². The summed E-state index contributed by atoms with van der Waals surface area (Å²) in [5.41, 5.74) is 1.69. The molecule has 2 rings (SSSR count). The second kappa shape index (κ2) is 6.24. The summed E-state index contributed by atoms with van der Waals surface area (Å²) in [6.45, 7) is 3.46. The van der Waals surface area contributed by atoms with Crippen LogP contribution in [0.15, 0.2) is 22.7 Å². The van der Waals surface area contributed by atoms with Crippen LogP contribution in [-0.2, 0) is 16.4 Å². The number of benzene rings is 1. The van der Waals surface area contributed by atoms with E-state index in [0.717, 1.165) is 35.8 Å². The second-order valence-corrected chi connectivity index (χ2v) is 7.65. The van der Waals surface area contributed by atoms with Crippen LogP contribution in [0, 0.1) is 0 Å². The van der Waals surface area contributed by atoms with E-state index in [1.165, 1.54) is 0 Å². The Morgan fingerprint density at radius 3 is 2.89 bits per heavy atom. The maximum Gasteiger partial charge on any atom is 0.236 e. The maximum absolute atomic E-state index is 12.3. The Hall–Kier alpha value is -0.590. The van der Waals surface area contributed by atoms with Crippen molar-refractivity contribution in [1.29, 1.82) is 0 Å². The lowest BCUT2D eigenvalue weighted by atomic mass is 10.1. The first kappa shape index (κ1) is 14.8. The van der Waals surface area contributed by atoms with E-state index in [0.29, 0.717) is 12.2 Å². The van der Waals surface area contributed by atoms with E-state index in [-0.39, 0.29) is 5.25 Å². The molecule has 1 unspecified atom stereocenters. The van der Waals surface area contributed by atoms with Gasteiger partial charge in [0.1, 0.15) is 0 Å². The number of nitrogens with one attached hydrogen (secondary N) is 2.